The molecule has 0 fully saturated rings. The van der Waals surface area contributed by atoms with Crippen LogP contribution in [0.1, 0.15) is 23.2 Å². The number of carbonyl (C=O) groups is 1. The van der Waals surface area contributed by atoms with Crippen LogP contribution in [-0.4, -0.2) is 21.7 Å². The number of benzene rings is 2. The van der Waals surface area contributed by atoms with Gasteiger partial charge in [-0.3, -0.25) is 4.79 Å². The smallest absolute Gasteiger partial charge is 0.273 e. The first-order chi connectivity index (χ1) is 14.5. The van der Waals surface area contributed by atoms with Crippen LogP contribution in [0.25, 0.3) is 10.9 Å². The van der Waals surface area contributed by atoms with Crippen LogP contribution in [-0.2, 0) is 13.2 Å². The highest BCUT2D eigenvalue weighted by molar-refractivity contribution is 5.92. The molecule has 4 aromatic rings. The van der Waals surface area contributed by atoms with Gasteiger partial charge in [0, 0.05) is 30.4 Å². The van der Waals surface area contributed by atoms with Gasteiger partial charge in [0.1, 0.15) is 6.61 Å². The van der Waals surface area contributed by atoms with Crippen molar-refractivity contribution in [1.82, 2.24) is 15.0 Å². The maximum atomic E-state index is 13.6. The van der Waals surface area contributed by atoms with Crippen molar-refractivity contribution in [2.24, 2.45) is 0 Å². The van der Waals surface area contributed by atoms with Gasteiger partial charge in [0.2, 0.25) is 0 Å². The predicted molar refractivity (Wildman–Crippen MR) is 106 cm³/mol. The van der Waals surface area contributed by atoms with Crippen LogP contribution in [0, 0.1) is 11.6 Å². The fourth-order valence-electron chi connectivity index (χ4n) is 3.19. The zero-order chi connectivity index (χ0) is 21.1. The van der Waals surface area contributed by atoms with Crippen LogP contribution < -0.4 is 10.1 Å². The fraction of sp³-hybridized carbons (Fsp3) is 0.182. The van der Waals surface area contributed by atoms with E-state index in [0.717, 1.165) is 23.0 Å². The molecule has 1 atom stereocenters. The third-order valence-electron chi connectivity index (χ3n) is 4.60. The molecule has 2 aromatic heterocycles. The second-order valence-corrected chi connectivity index (χ2v) is 6.92. The molecule has 30 heavy (non-hydrogen) atoms. The second-order valence-electron chi connectivity index (χ2n) is 6.92. The molecule has 0 saturated heterocycles. The van der Waals surface area contributed by atoms with Gasteiger partial charge in [0.05, 0.1) is 0 Å². The molecule has 0 aliphatic rings. The molecule has 1 amide bonds. The van der Waals surface area contributed by atoms with Crippen molar-refractivity contribution in [3.63, 3.8) is 0 Å². The van der Waals surface area contributed by atoms with Gasteiger partial charge in [-0.15, -0.1) is 0 Å². The van der Waals surface area contributed by atoms with Crippen molar-refractivity contribution < 1.29 is 22.8 Å². The summed E-state index contributed by atoms with van der Waals surface area (Å²) in [5, 5.41) is 7.70. The van der Waals surface area contributed by atoms with E-state index < -0.39 is 23.3 Å². The van der Waals surface area contributed by atoms with Crippen molar-refractivity contribution in [3.05, 3.63) is 83.9 Å². The average molecular weight is 411 g/mol. The average Bonchev–Trinajstić information content (AvgIpc) is 3.35. The van der Waals surface area contributed by atoms with Gasteiger partial charge in [-0.25, -0.2) is 8.78 Å². The highest BCUT2D eigenvalue weighted by atomic mass is 19.1. The minimum Gasteiger partial charge on any atom is -0.479 e. The number of rotatable bonds is 7. The van der Waals surface area contributed by atoms with E-state index in [-0.39, 0.29) is 24.1 Å². The van der Waals surface area contributed by atoms with Gasteiger partial charge in [-0.05, 0) is 36.6 Å². The standard InChI is InChI=1S/C22H19F2N3O3/c1-14(12-27-10-9-15-5-2-3-8-20(15)27)25-22(28)19-11-16(30-26-19)13-29-21-17(23)6-4-7-18(21)24/h2-11,14H,12-13H2,1H3,(H,25,28)/t14-/m1/s1. The summed E-state index contributed by atoms with van der Waals surface area (Å²) in [7, 11) is 0. The zero-order valence-corrected chi connectivity index (χ0v) is 16.1. The van der Waals surface area contributed by atoms with Gasteiger partial charge in [0.25, 0.3) is 5.91 Å². The summed E-state index contributed by atoms with van der Waals surface area (Å²) < 4.78 is 39.4. The number of hydrogen-bond acceptors (Lipinski definition) is 4. The van der Waals surface area contributed by atoms with E-state index in [0.29, 0.717) is 6.54 Å². The Hall–Kier alpha value is -3.68. The van der Waals surface area contributed by atoms with E-state index in [9.17, 15) is 13.6 Å². The van der Waals surface area contributed by atoms with Crippen molar-refractivity contribution in [2.75, 3.05) is 0 Å². The van der Waals surface area contributed by atoms with Crippen LogP contribution in [0.3, 0.4) is 0 Å². The van der Waals surface area contributed by atoms with E-state index in [4.69, 9.17) is 9.26 Å². The van der Waals surface area contributed by atoms with Crippen LogP contribution in [0.4, 0.5) is 8.78 Å². The third kappa shape index (κ3) is 4.17. The lowest BCUT2D eigenvalue weighted by Crippen LogP contribution is -2.35. The molecule has 0 unspecified atom stereocenters. The van der Waals surface area contributed by atoms with Crippen molar-refractivity contribution in [2.45, 2.75) is 26.1 Å². The summed E-state index contributed by atoms with van der Waals surface area (Å²) in [6.45, 7) is 2.21. The molecular formula is C22H19F2N3O3. The lowest BCUT2D eigenvalue weighted by Gasteiger charge is -2.14. The summed E-state index contributed by atoms with van der Waals surface area (Å²) in [5.74, 6) is -2.39. The van der Waals surface area contributed by atoms with Gasteiger partial charge >= 0.3 is 0 Å². The number of para-hydroxylation sites is 2. The van der Waals surface area contributed by atoms with Gasteiger partial charge in [-0.2, -0.15) is 0 Å². The molecule has 0 bridgehead atoms. The Morgan fingerprint density at radius 1 is 1.17 bits per heavy atom. The molecule has 0 radical (unpaired) electrons. The molecule has 4 rings (SSSR count). The van der Waals surface area contributed by atoms with Crippen molar-refractivity contribution in [1.29, 1.82) is 0 Å². The number of nitrogens with one attached hydrogen (secondary N) is 1. The van der Waals surface area contributed by atoms with E-state index in [1.54, 1.807) is 0 Å². The Balaban J connectivity index is 1.35. The van der Waals surface area contributed by atoms with Crippen molar-refractivity contribution in [3.8, 4) is 5.75 Å². The van der Waals surface area contributed by atoms with Crippen LogP contribution >= 0.6 is 0 Å². The molecule has 2 heterocycles. The van der Waals surface area contributed by atoms with Crippen molar-refractivity contribution >= 4 is 16.8 Å². The number of halogens is 2. The number of nitrogens with zero attached hydrogens (tertiary/aromatic N) is 2. The van der Waals surface area contributed by atoms with E-state index in [1.807, 2.05) is 43.5 Å². The maximum absolute atomic E-state index is 13.6. The van der Waals surface area contributed by atoms with Gasteiger partial charge in [-0.1, -0.05) is 29.4 Å². The van der Waals surface area contributed by atoms with Crippen LogP contribution in [0.5, 0.6) is 5.75 Å². The molecular weight excluding hydrogens is 392 g/mol. The molecule has 6 nitrogen and oxygen atoms in total. The Labute approximate surface area is 171 Å². The Kier molecular flexibility index (Phi) is 5.47. The molecule has 0 aliphatic carbocycles. The first kappa shape index (κ1) is 19.6. The zero-order valence-electron chi connectivity index (χ0n) is 16.1. The first-order valence-corrected chi connectivity index (χ1v) is 9.38. The molecule has 0 aliphatic heterocycles. The van der Waals surface area contributed by atoms with Gasteiger partial charge in [0.15, 0.2) is 28.8 Å². The summed E-state index contributed by atoms with van der Waals surface area (Å²) in [4.78, 5) is 12.4. The summed E-state index contributed by atoms with van der Waals surface area (Å²) >= 11 is 0. The molecule has 154 valence electrons. The van der Waals surface area contributed by atoms with Gasteiger partial charge < -0.3 is 19.1 Å². The summed E-state index contributed by atoms with van der Waals surface area (Å²) in [6, 6.07) is 14.6. The fourth-order valence-corrected chi connectivity index (χ4v) is 3.19. The predicted octanol–water partition coefficient (Wildman–Crippen LogP) is 4.31. The number of ether oxygens (including phenoxy) is 1. The topological polar surface area (TPSA) is 69.3 Å². The minimum atomic E-state index is -0.821. The monoisotopic (exact) mass is 411 g/mol. The first-order valence-electron chi connectivity index (χ1n) is 9.38. The van der Waals surface area contributed by atoms with Crippen LogP contribution in [0.15, 0.2) is 65.3 Å². The number of carbonyl (C=O) groups excluding carboxylic acids is 1. The highest BCUT2D eigenvalue weighted by Gasteiger charge is 2.17. The minimum absolute atomic E-state index is 0.0619. The Bertz CT molecular complexity index is 1170. The molecule has 0 saturated carbocycles. The second kappa shape index (κ2) is 8.36. The maximum Gasteiger partial charge on any atom is 0.273 e. The normalized spacial score (nSPS) is 12.1. The highest BCUT2D eigenvalue weighted by Crippen LogP contribution is 2.22. The quantitative estimate of drug-likeness (QED) is 0.492. The van der Waals surface area contributed by atoms with E-state index >= 15 is 0 Å². The summed E-state index contributed by atoms with van der Waals surface area (Å²) in [6.07, 6.45) is 1.97. The SMILES string of the molecule is C[C@H](Cn1ccc2ccccc21)NC(=O)c1cc(COc2c(F)cccc2F)on1. The van der Waals surface area contributed by atoms with E-state index in [2.05, 4.69) is 15.0 Å². The van der Waals surface area contributed by atoms with Crippen LogP contribution in [0.2, 0.25) is 0 Å². The Morgan fingerprint density at radius 3 is 2.73 bits per heavy atom. The lowest BCUT2D eigenvalue weighted by atomic mass is 10.2. The molecule has 1 N–H and O–H groups in total. The van der Waals surface area contributed by atoms with E-state index in [1.165, 1.54) is 12.1 Å². The Morgan fingerprint density at radius 2 is 1.93 bits per heavy atom. The largest absolute Gasteiger partial charge is 0.479 e. The lowest BCUT2D eigenvalue weighted by molar-refractivity contribution is 0.0927. The molecule has 8 heteroatoms. The number of fused-ring (bicyclic) bond motifs is 1. The third-order valence-corrected chi connectivity index (χ3v) is 4.60. The summed E-state index contributed by atoms with van der Waals surface area (Å²) in [5.41, 5.74) is 1.15. The molecule has 0 spiro atoms. The number of amides is 1. The number of aromatic nitrogens is 2. The number of hydrogen-bond donors (Lipinski definition) is 1. The molecule has 2 aromatic carbocycles.